The zero-order chi connectivity index (χ0) is 10.3. The number of aliphatic hydroxyl groups excluding tert-OH is 1. The third-order valence-electron chi connectivity index (χ3n) is 1.86. The molecule has 2 amide bonds. The van der Waals surface area contributed by atoms with Gasteiger partial charge in [-0.15, -0.1) is 0 Å². The van der Waals surface area contributed by atoms with Gasteiger partial charge in [0.05, 0.1) is 0 Å². The zero-order valence-corrected chi connectivity index (χ0v) is 7.53. The molecule has 13 heavy (non-hydrogen) atoms. The molecular weight excluding hydrogens is 172 g/mol. The normalized spacial score (nSPS) is 12.4. The molecule has 0 spiro atoms. The van der Waals surface area contributed by atoms with E-state index in [-0.39, 0.29) is 24.9 Å². The van der Waals surface area contributed by atoms with Crippen LogP contribution in [0.5, 0.6) is 0 Å². The van der Waals surface area contributed by atoms with Crippen LogP contribution in [0.4, 0.5) is 0 Å². The first-order valence-electron chi connectivity index (χ1n) is 4.26. The van der Waals surface area contributed by atoms with E-state index in [4.69, 9.17) is 16.6 Å². The number of carbonyl (C=O) groups is 2. The van der Waals surface area contributed by atoms with Gasteiger partial charge >= 0.3 is 0 Å². The Kier molecular flexibility index (Phi) is 5.88. The van der Waals surface area contributed by atoms with Gasteiger partial charge in [0, 0.05) is 18.9 Å². The number of hydrogen-bond acceptors (Lipinski definition) is 3. The summed E-state index contributed by atoms with van der Waals surface area (Å²) in [5.74, 6) is -1.16. The molecule has 0 radical (unpaired) electrons. The highest BCUT2D eigenvalue weighted by atomic mass is 16.3. The third kappa shape index (κ3) is 6.10. The predicted molar refractivity (Wildman–Crippen MR) is 47.4 cm³/mol. The highest BCUT2D eigenvalue weighted by Gasteiger charge is 2.14. The summed E-state index contributed by atoms with van der Waals surface area (Å²) < 4.78 is 0. The molecule has 5 heteroatoms. The molecule has 0 saturated carbocycles. The Balaban J connectivity index is 3.69. The summed E-state index contributed by atoms with van der Waals surface area (Å²) in [6, 6.07) is 0. The summed E-state index contributed by atoms with van der Waals surface area (Å²) in [5, 5.41) is 8.59. The van der Waals surface area contributed by atoms with Crippen molar-refractivity contribution in [3.05, 3.63) is 0 Å². The number of rotatable bonds is 7. The lowest BCUT2D eigenvalue weighted by Crippen LogP contribution is -2.24. The summed E-state index contributed by atoms with van der Waals surface area (Å²) in [6.45, 7) is -0.0653. The second-order valence-corrected chi connectivity index (χ2v) is 2.97. The van der Waals surface area contributed by atoms with Gasteiger partial charge in [0.2, 0.25) is 11.8 Å². The van der Waals surface area contributed by atoms with E-state index in [1.165, 1.54) is 0 Å². The van der Waals surface area contributed by atoms with Crippen molar-refractivity contribution in [1.82, 2.24) is 0 Å². The van der Waals surface area contributed by atoms with Gasteiger partial charge in [-0.25, -0.2) is 0 Å². The highest BCUT2D eigenvalue weighted by Crippen LogP contribution is 2.11. The lowest BCUT2D eigenvalue weighted by atomic mass is 9.98. The van der Waals surface area contributed by atoms with Crippen LogP contribution in [0.15, 0.2) is 0 Å². The van der Waals surface area contributed by atoms with Crippen molar-refractivity contribution in [1.29, 1.82) is 0 Å². The molecule has 0 aliphatic carbocycles. The molecular formula is C8H16N2O3. The smallest absolute Gasteiger partial charge is 0.220 e. The van der Waals surface area contributed by atoms with Gasteiger partial charge in [-0.3, -0.25) is 9.59 Å². The Labute approximate surface area is 77.1 Å². The average Bonchev–Trinajstić information content (AvgIpc) is 2.02. The first-order valence-corrected chi connectivity index (χ1v) is 4.26. The van der Waals surface area contributed by atoms with Crippen LogP contribution in [0.2, 0.25) is 0 Å². The Morgan fingerprint density at radius 1 is 1.23 bits per heavy atom. The summed E-state index contributed by atoms with van der Waals surface area (Å²) in [6.07, 6.45) is 1.67. The number of nitrogens with two attached hydrogens (primary N) is 2. The second-order valence-electron chi connectivity index (χ2n) is 2.97. The van der Waals surface area contributed by atoms with Crippen molar-refractivity contribution in [2.24, 2.45) is 17.4 Å². The van der Waals surface area contributed by atoms with Crippen LogP contribution in [0.25, 0.3) is 0 Å². The van der Waals surface area contributed by atoms with E-state index in [1.807, 2.05) is 0 Å². The lowest BCUT2D eigenvalue weighted by Gasteiger charge is -2.10. The maximum Gasteiger partial charge on any atom is 0.220 e. The monoisotopic (exact) mass is 188 g/mol. The van der Waals surface area contributed by atoms with Gasteiger partial charge in [0.15, 0.2) is 0 Å². The van der Waals surface area contributed by atoms with Gasteiger partial charge in [-0.05, 0) is 19.3 Å². The zero-order valence-electron chi connectivity index (χ0n) is 7.53. The fourth-order valence-electron chi connectivity index (χ4n) is 1.11. The molecule has 0 fully saturated rings. The van der Waals surface area contributed by atoms with E-state index < -0.39 is 5.91 Å². The molecule has 1 unspecified atom stereocenters. The van der Waals surface area contributed by atoms with Crippen LogP contribution >= 0.6 is 0 Å². The molecule has 0 aromatic rings. The molecule has 0 bridgehead atoms. The van der Waals surface area contributed by atoms with Crippen molar-refractivity contribution >= 4 is 11.8 Å². The Bertz CT molecular complexity index is 182. The van der Waals surface area contributed by atoms with E-state index in [0.29, 0.717) is 19.3 Å². The minimum absolute atomic E-state index is 0.0653. The Hall–Kier alpha value is -1.10. The Morgan fingerprint density at radius 2 is 1.85 bits per heavy atom. The molecule has 0 rings (SSSR count). The predicted octanol–water partition coefficient (Wildman–Crippen LogP) is -0.874. The van der Waals surface area contributed by atoms with Gasteiger partial charge in [-0.2, -0.15) is 0 Å². The first-order chi connectivity index (χ1) is 6.07. The van der Waals surface area contributed by atoms with Gasteiger partial charge in [-0.1, -0.05) is 0 Å². The number of aliphatic hydroxyl groups is 1. The molecule has 0 aromatic heterocycles. The molecule has 1 atom stereocenters. The van der Waals surface area contributed by atoms with E-state index in [0.717, 1.165) is 0 Å². The lowest BCUT2D eigenvalue weighted by molar-refractivity contribution is -0.123. The largest absolute Gasteiger partial charge is 0.396 e. The van der Waals surface area contributed by atoms with Crippen LogP contribution in [-0.2, 0) is 9.59 Å². The van der Waals surface area contributed by atoms with Crippen LogP contribution < -0.4 is 11.5 Å². The Morgan fingerprint density at radius 3 is 2.23 bits per heavy atom. The molecule has 0 aliphatic heterocycles. The topological polar surface area (TPSA) is 106 Å². The van der Waals surface area contributed by atoms with Gasteiger partial charge < -0.3 is 16.6 Å². The fourth-order valence-corrected chi connectivity index (χ4v) is 1.11. The standard InChI is InChI=1S/C8H16N2O3/c9-7(12)3-1-2-6(4-5-11)8(10)13/h6,11H,1-5H2,(H2,9,12)(H2,10,13). The van der Waals surface area contributed by atoms with E-state index >= 15 is 0 Å². The molecule has 76 valence electrons. The average molecular weight is 188 g/mol. The van der Waals surface area contributed by atoms with E-state index in [9.17, 15) is 9.59 Å². The highest BCUT2D eigenvalue weighted by molar-refractivity contribution is 5.77. The minimum atomic E-state index is -0.432. The summed E-state index contributed by atoms with van der Waals surface area (Å²) in [7, 11) is 0. The summed E-state index contributed by atoms with van der Waals surface area (Å²) >= 11 is 0. The molecule has 0 aromatic carbocycles. The molecule has 0 heterocycles. The number of hydrogen-bond donors (Lipinski definition) is 3. The first kappa shape index (κ1) is 11.9. The van der Waals surface area contributed by atoms with Crippen LogP contribution in [0, 0.1) is 5.92 Å². The third-order valence-corrected chi connectivity index (χ3v) is 1.86. The SMILES string of the molecule is NC(=O)CCCC(CCO)C(N)=O. The fraction of sp³-hybridized carbons (Fsp3) is 0.750. The van der Waals surface area contributed by atoms with E-state index in [1.54, 1.807) is 0 Å². The maximum atomic E-state index is 10.8. The van der Waals surface area contributed by atoms with Gasteiger partial charge in [0.1, 0.15) is 0 Å². The number of amides is 2. The van der Waals surface area contributed by atoms with Crippen LogP contribution in [0.1, 0.15) is 25.7 Å². The molecule has 5 N–H and O–H groups in total. The van der Waals surface area contributed by atoms with Crippen molar-refractivity contribution < 1.29 is 14.7 Å². The minimum Gasteiger partial charge on any atom is -0.396 e. The summed E-state index contributed by atoms with van der Waals surface area (Å²) in [4.78, 5) is 21.1. The number of carbonyl (C=O) groups excluding carboxylic acids is 2. The van der Waals surface area contributed by atoms with Crippen molar-refractivity contribution in [3.63, 3.8) is 0 Å². The van der Waals surface area contributed by atoms with Crippen molar-refractivity contribution in [2.45, 2.75) is 25.7 Å². The van der Waals surface area contributed by atoms with Crippen LogP contribution in [0.3, 0.4) is 0 Å². The molecule has 0 saturated heterocycles. The van der Waals surface area contributed by atoms with Crippen molar-refractivity contribution in [2.75, 3.05) is 6.61 Å². The van der Waals surface area contributed by atoms with Crippen LogP contribution in [-0.4, -0.2) is 23.5 Å². The second kappa shape index (κ2) is 6.42. The molecule has 5 nitrogen and oxygen atoms in total. The van der Waals surface area contributed by atoms with E-state index in [2.05, 4.69) is 0 Å². The van der Waals surface area contributed by atoms with Gasteiger partial charge in [0.25, 0.3) is 0 Å². The molecule has 0 aliphatic rings. The summed E-state index contributed by atoms with van der Waals surface area (Å²) in [5.41, 5.74) is 10.00. The van der Waals surface area contributed by atoms with Crippen molar-refractivity contribution in [3.8, 4) is 0 Å². The maximum absolute atomic E-state index is 10.8. The number of primary amides is 2. The quantitative estimate of drug-likeness (QED) is 0.483.